The van der Waals surface area contributed by atoms with Gasteiger partial charge in [-0.1, -0.05) is 0 Å². The van der Waals surface area contributed by atoms with Crippen molar-refractivity contribution in [3.8, 4) is 0 Å². The molecule has 0 bridgehead atoms. The fourth-order valence-electron chi connectivity index (χ4n) is 0.722. The number of hydrogen-bond donors (Lipinski definition) is 2. The van der Waals surface area contributed by atoms with E-state index in [0.29, 0.717) is 25.4 Å². The minimum atomic E-state index is -0.628. The molecule has 0 heterocycles. The van der Waals surface area contributed by atoms with Gasteiger partial charge in [-0.25, -0.2) is 5.48 Å². The third-order valence-electron chi connectivity index (χ3n) is 1.42. The molecule has 0 aliphatic rings. The first-order valence-corrected chi connectivity index (χ1v) is 3.58. The number of nitrogens with one attached hydrogen (secondary N) is 1. The quantitative estimate of drug-likeness (QED) is 0.249. The summed E-state index contributed by atoms with van der Waals surface area (Å²) < 4.78 is 0. The van der Waals surface area contributed by atoms with Gasteiger partial charge in [-0.05, 0) is 12.8 Å². The molecule has 0 aromatic heterocycles. The normalized spacial score (nSPS) is 9.50. The minimum absolute atomic E-state index is 0.120. The van der Waals surface area contributed by atoms with Gasteiger partial charge in [0.1, 0.15) is 12.6 Å². The zero-order valence-corrected chi connectivity index (χ0v) is 6.53. The van der Waals surface area contributed by atoms with Gasteiger partial charge in [0.2, 0.25) is 5.91 Å². The molecule has 0 saturated heterocycles. The topological polar surface area (TPSA) is 83.5 Å². The highest BCUT2D eigenvalue weighted by Crippen LogP contribution is 2.02. The van der Waals surface area contributed by atoms with Crippen molar-refractivity contribution in [2.45, 2.75) is 19.3 Å². The monoisotopic (exact) mass is 173 g/mol. The average molecular weight is 173 g/mol. The first-order chi connectivity index (χ1) is 5.74. The van der Waals surface area contributed by atoms with Crippen LogP contribution < -0.4 is 5.48 Å². The fourth-order valence-corrected chi connectivity index (χ4v) is 0.722. The number of rotatable bonds is 6. The van der Waals surface area contributed by atoms with Gasteiger partial charge in [0.25, 0.3) is 0 Å². The van der Waals surface area contributed by atoms with E-state index >= 15 is 0 Å². The first kappa shape index (κ1) is 10.8. The summed E-state index contributed by atoms with van der Waals surface area (Å²) in [7, 11) is 0. The number of amides is 1. The van der Waals surface area contributed by atoms with E-state index in [4.69, 9.17) is 5.21 Å². The Morgan fingerprint density at radius 2 is 2.00 bits per heavy atom. The molecular weight excluding hydrogens is 162 g/mol. The largest absolute Gasteiger partial charge is 0.303 e. The molecule has 0 unspecified atom stereocenters. The van der Waals surface area contributed by atoms with Gasteiger partial charge >= 0.3 is 0 Å². The van der Waals surface area contributed by atoms with Gasteiger partial charge in [-0.2, -0.15) is 0 Å². The predicted octanol–water partition coefficient (Wildman–Crippen LogP) is -0.324. The smallest absolute Gasteiger partial charge is 0.243 e. The summed E-state index contributed by atoms with van der Waals surface area (Å²) in [5.41, 5.74) is 1.46. The van der Waals surface area contributed by atoms with Crippen molar-refractivity contribution in [1.29, 1.82) is 0 Å². The van der Waals surface area contributed by atoms with Crippen LogP contribution in [0.15, 0.2) is 0 Å². The standard InChI is InChI=1S/C7H11NO4/c9-4-6(5-10)2-1-3-7(11)8-12/h4-6,12H,1-3H2,(H,8,11). The molecule has 0 aliphatic heterocycles. The maximum Gasteiger partial charge on any atom is 0.243 e. The van der Waals surface area contributed by atoms with Crippen molar-refractivity contribution in [3.05, 3.63) is 0 Å². The molecule has 0 radical (unpaired) electrons. The Morgan fingerprint density at radius 3 is 2.42 bits per heavy atom. The molecule has 0 aromatic carbocycles. The Morgan fingerprint density at radius 1 is 1.42 bits per heavy atom. The van der Waals surface area contributed by atoms with Crippen LogP contribution >= 0.6 is 0 Å². The lowest BCUT2D eigenvalue weighted by atomic mass is 10.1. The van der Waals surface area contributed by atoms with Crippen LogP contribution in [0.2, 0.25) is 0 Å². The van der Waals surface area contributed by atoms with Crippen molar-refractivity contribution >= 4 is 18.5 Å². The van der Waals surface area contributed by atoms with E-state index in [1.165, 1.54) is 5.48 Å². The third kappa shape index (κ3) is 4.56. The van der Waals surface area contributed by atoms with E-state index < -0.39 is 11.8 Å². The van der Waals surface area contributed by atoms with E-state index in [0.717, 1.165) is 0 Å². The molecule has 1 amide bonds. The molecule has 0 aliphatic carbocycles. The van der Waals surface area contributed by atoms with E-state index in [2.05, 4.69) is 0 Å². The molecule has 0 atom stereocenters. The highest BCUT2D eigenvalue weighted by molar-refractivity contribution is 5.77. The molecule has 0 rings (SSSR count). The summed E-state index contributed by atoms with van der Waals surface area (Å²) in [5.74, 6) is -1.14. The number of hydrogen-bond acceptors (Lipinski definition) is 4. The van der Waals surface area contributed by atoms with Crippen LogP contribution in [0.5, 0.6) is 0 Å². The number of carbonyl (C=O) groups is 3. The Labute approximate surface area is 69.7 Å². The SMILES string of the molecule is O=CC(C=O)CCCC(=O)NO. The van der Waals surface area contributed by atoms with Crippen molar-refractivity contribution in [2.24, 2.45) is 5.92 Å². The second kappa shape index (κ2) is 6.48. The van der Waals surface area contributed by atoms with Crippen molar-refractivity contribution in [3.63, 3.8) is 0 Å². The van der Waals surface area contributed by atoms with Gasteiger partial charge in [-0.3, -0.25) is 10.0 Å². The molecule has 0 fully saturated rings. The molecule has 5 heteroatoms. The van der Waals surface area contributed by atoms with Crippen molar-refractivity contribution < 1.29 is 19.6 Å². The Hall–Kier alpha value is -1.23. The Kier molecular flexibility index (Phi) is 5.81. The zero-order valence-electron chi connectivity index (χ0n) is 6.53. The maximum absolute atomic E-state index is 10.4. The predicted molar refractivity (Wildman–Crippen MR) is 39.4 cm³/mol. The highest BCUT2D eigenvalue weighted by Gasteiger charge is 2.06. The number of hydroxylamine groups is 1. The van der Waals surface area contributed by atoms with E-state index in [9.17, 15) is 14.4 Å². The number of carbonyl (C=O) groups excluding carboxylic acids is 3. The highest BCUT2D eigenvalue weighted by atomic mass is 16.5. The lowest BCUT2D eigenvalue weighted by Crippen LogP contribution is -2.18. The first-order valence-electron chi connectivity index (χ1n) is 3.58. The maximum atomic E-state index is 10.4. The molecule has 2 N–H and O–H groups in total. The van der Waals surface area contributed by atoms with Crippen LogP contribution in [0.4, 0.5) is 0 Å². The molecule has 5 nitrogen and oxygen atoms in total. The van der Waals surface area contributed by atoms with Gasteiger partial charge in [0.15, 0.2) is 0 Å². The lowest BCUT2D eigenvalue weighted by molar-refractivity contribution is -0.129. The van der Waals surface area contributed by atoms with Gasteiger partial charge in [0.05, 0.1) is 5.92 Å². The lowest BCUT2D eigenvalue weighted by Gasteiger charge is -2.00. The van der Waals surface area contributed by atoms with Crippen molar-refractivity contribution in [2.75, 3.05) is 0 Å². The van der Waals surface area contributed by atoms with E-state index in [1.54, 1.807) is 0 Å². The van der Waals surface area contributed by atoms with Crippen LogP contribution in [-0.4, -0.2) is 23.7 Å². The third-order valence-corrected chi connectivity index (χ3v) is 1.42. The van der Waals surface area contributed by atoms with Crippen molar-refractivity contribution in [1.82, 2.24) is 5.48 Å². The molecule has 12 heavy (non-hydrogen) atoms. The van der Waals surface area contributed by atoms with E-state index in [1.807, 2.05) is 0 Å². The summed E-state index contributed by atoms with van der Waals surface area (Å²) in [6.07, 6.45) is 1.97. The van der Waals surface area contributed by atoms with Crippen LogP contribution in [0.1, 0.15) is 19.3 Å². The van der Waals surface area contributed by atoms with Crippen LogP contribution in [-0.2, 0) is 14.4 Å². The average Bonchev–Trinajstić information content (AvgIpc) is 2.12. The molecule has 0 spiro atoms. The molecule has 0 saturated carbocycles. The second-order valence-electron chi connectivity index (χ2n) is 2.36. The second-order valence-corrected chi connectivity index (χ2v) is 2.36. The summed E-state index contributed by atoms with van der Waals surface area (Å²) in [5, 5.41) is 8.08. The summed E-state index contributed by atoms with van der Waals surface area (Å²) in [6.45, 7) is 0. The van der Waals surface area contributed by atoms with Crippen LogP contribution in [0.3, 0.4) is 0 Å². The van der Waals surface area contributed by atoms with Gasteiger partial charge in [-0.15, -0.1) is 0 Å². The van der Waals surface area contributed by atoms with Gasteiger partial charge in [0, 0.05) is 6.42 Å². The zero-order chi connectivity index (χ0) is 9.40. The fraction of sp³-hybridized carbons (Fsp3) is 0.571. The van der Waals surface area contributed by atoms with Gasteiger partial charge < -0.3 is 9.59 Å². The molecule has 0 aromatic rings. The summed E-state index contributed by atoms with van der Waals surface area (Å²) >= 11 is 0. The number of aldehydes is 2. The molecule has 68 valence electrons. The Bertz CT molecular complexity index is 161. The van der Waals surface area contributed by atoms with Crippen LogP contribution in [0, 0.1) is 5.92 Å². The minimum Gasteiger partial charge on any atom is -0.303 e. The summed E-state index contributed by atoms with van der Waals surface area (Å²) in [6, 6.07) is 0. The Balaban J connectivity index is 3.47. The molecular formula is C7H11NO4. The van der Waals surface area contributed by atoms with Crippen LogP contribution in [0.25, 0.3) is 0 Å². The van der Waals surface area contributed by atoms with E-state index in [-0.39, 0.29) is 6.42 Å². The summed E-state index contributed by atoms with van der Waals surface area (Å²) in [4.78, 5) is 30.6.